The third-order valence-electron chi connectivity index (χ3n) is 2.15. The molecule has 0 aliphatic heterocycles. The fourth-order valence-corrected chi connectivity index (χ4v) is 1.09. The summed E-state index contributed by atoms with van der Waals surface area (Å²) < 4.78 is 0. The molecule has 0 aromatic rings. The van der Waals surface area contributed by atoms with Gasteiger partial charge in [0, 0.05) is 13.1 Å². The predicted molar refractivity (Wildman–Crippen MR) is 72.0 cm³/mol. The smallest absolute Gasteiger partial charge is 0.0667 e. The molecule has 0 spiro atoms. The lowest BCUT2D eigenvalue weighted by atomic mass is 10.1. The first-order chi connectivity index (χ1) is 7.79. The molecule has 0 amide bonds. The SMILES string of the molecule is CC(C)CC(O)CNCC(C)O.CCC(C)O. The largest absolute Gasteiger partial charge is 0.393 e. The van der Waals surface area contributed by atoms with E-state index in [2.05, 4.69) is 19.2 Å². The maximum Gasteiger partial charge on any atom is 0.0667 e. The molecule has 4 N–H and O–H groups in total. The maximum atomic E-state index is 9.39. The van der Waals surface area contributed by atoms with Gasteiger partial charge in [0.15, 0.2) is 0 Å². The Kier molecular flexibility index (Phi) is 13.9. The van der Waals surface area contributed by atoms with Crippen LogP contribution in [0.2, 0.25) is 0 Å². The van der Waals surface area contributed by atoms with Crippen LogP contribution in [0.4, 0.5) is 0 Å². The first kappa shape index (κ1) is 19.2. The van der Waals surface area contributed by atoms with Crippen LogP contribution in [0.15, 0.2) is 0 Å². The minimum absolute atomic E-state index is 0.116. The van der Waals surface area contributed by atoms with Gasteiger partial charge in [0.1, 0.15) is 0 Å². The van der Waals surface area contributed by atoms with Gasteiger partial charge in [0.05, 0.1) is 18.3 Å². The van der Waals surface area contributed by atoms with E-state index in [1.165, 1.54) is 0 Å². The summed E-state index contributed by atoms with van der Waals surface area (Å²) in [5.41, 5.74) is 0. The molecular formula is C13H31NO3. The molecule has 0 bridgehead atoms. The highest BCUT2D eigenvalue weighted by atomic mass is 16.3. The third-order valence-corrected chi connectivity index (χ3v) is 2.15. The molecule has 0 fully saturated rings. The topological polar surface area (TPSA) is 72.7 Å². The molecule has 0 saturated heterocycles. The molecule has 3 atom stereocenters. The second-order valence-corrected chi connectivity index (χ2v) is 5.05. The number of nitrogens with one attached hydrogen (secondary N) is 1. The molecule has 0 aromatic carbocycles. The van der Waals surface area contributed by atoms with E-state index >= 15 is 0 Å². The summed E-state index contributed by atoms with van der Waals surface area (Å²) in [6.07, 6.45) is 0.933. The lowest BCUT2D eigenvalue weighted by Crippen LogP contribution is -2.32. The Morgan fingerprint density at radius 3 is 1.65 bits per heavy atom. The average molecular weight is 249 g/mol. The molecule has 3 unspecified atom stereocenters. The Labute approximate surface area is 106 Å². The highest BCUT2D eigenvalue weighted by Gasteiger charge is 2.06. The van der Waals surface area contributed by atoms with Crippen LogP contribution >= 0.6 is 0 Å². The van der Waals surface area contributed by atoms with Crippen molar-refractivity contribution in [3.05, 3.63) is 0 Å². The Balaban J connectivity index is 0. The van der Waals surface area contributed by atoms with Gasteiger partial charge in [-0.05, 0) is 32.6 Å². The number of hydrogen-bond acceptors (Lipinski definition) is 4. The van der Waals surface area contributed by atoms with E-state index in [9.17, 15) is 5.11 Å². The van der Waals surface area contributed by atoms with Gasteiger partial charge in [-0.2, -0.15) is 0 Å². The number of hydrogen-bond donors (Lipinski definition) is 4. The quantitative estimate of drug-likeness (QED) is 0.546. The normalized spacial score (nSPS) is 16.1. The van der Waals surface area contributed by atoms with Crippen LogP contribution in [-0.2, 0) is 0 Å². The van der Waals surface area contributed by atoms with Crippen molar-refractivity contribution in [3.8, 4) is 0 Å². The minimum Gasteiger partial charge on any atom is -0.393 e. The van der Waals surface area contributed by atoms with Gasteiger partial charge in [0.25, 0.3) is 0 Å². The van der Waals surface area contributed by atoms with Crippen LogP contribution in [0, 0.1) is 5.92 Å². The molecule has 106 valence electrons. The van der Waals surface area contributed by atoms with Gasteiger partial charge >= 0.3 is 0 Å². The van der Waals surface area contributed by atoms with Gasteiger partial charge in [-0.15, -0.1) is 0 Å². The first-order valence-electron chi connectivity index (χ1n) is 6.54. The molecular weight excluding hydrogens is 218 g/mol. The van der Waals surface area contributed by atoms with Crippen LogP contribution in [0.3, 0.4) is 0 Å². The average Bonchev–Trinajstić information content (AvgIpc) is 2.16. The Bertz CT molecular complexity index is 150. The van der Waals surface area contributed by atoms with Crippen molar-refractivity contribution in [1.29, 1.82) is 0 Å². The lowest BCUT2D eigenvalue weighted by molar-refractivity contribution is 0.135. The van der Waals surface area contributed by atoms with E-state index < -0.39 is 0 Å². The van der Waals surface area contributed by atoms with Crippen molar-refractivity contribution < 1.29 is 15.3 Å². The van der Waals surface area contributed by atoms with Gasteiger partial charge in [-0.3, -0.25) is 0 Å². The van der Waals surface area contributed by atoms with Crippen molar-refractivity contribution in [2.75, 3.05) is 13.1 Å². The van der Waals surface area contributed by atoms with Gasteiger partial charge < -0.3 is 20.6 Å². The van der Waals surface area contributed by atoms with E-state index in [0.717, 1.165) is 12.8 Å². The number of aliphatic hydroxyl groups is 3. The van der Waals surface area contributed by atoms with E-state index in [1.807, 2.05) is 6.92 Å². The summed E-state index contributed by atoms with van der Waals surface area (Å²) in [5.74, 6) is 0.522. The first-order valence-corrected chi connectivity index (χ1v) is 6.54. The zero-order valence-electron chi connectivity index (χ0n) is 12.0. The number of rotatable bonds is 7. The summed E-state index contributed by atoms with van der Waals surface area (Å²) in [7, 11) is 0. The van der Waals surface area contributed by atoms with Gasteiger partial charge in [-0.1, -0.05) is 20.8 Å². The van der Waals surface area contributed by atoms with Gasteiger partial charge in [0.2, 0.25) is 0 Å². The Hall–Kier alpha value is -0.160. The number of aliphatic hydroxyl groups excluding tert-OH is 3. The van der Waals surface area contributed by atoms with Crippen molar-refractivity contribution in [2.45, 2.75) is 65.8 Å². The summed E-state index contributed by atoms with van der Waals surface area (Å²) in [6, 6.07) is 0. The zero-order chi connectivity index (χ0) is 13.8. The van der Waals surface area contributed by atoms with Crippen LogP contribution < -0.4 is 5.32 Å². The molecule has 0 aromatic heterocycles. The predicted octanol–water partition coefficient (Wildman–Crippen LogP) is 1.14. The van der Waals surface area contributed by atoms with E-state index in [4.69, 9.17) is 10.2 Å². The van der Waals surface area contributed by atoms with Gasteiger partial charge in [-0.25, -0.2) is 0 Å². The van der Waals surface area contributed by atoms with Crippen LogP contribution in [0.5, 0.6) is 0 Å². The standard InChI is InChI=1S/C9H21NO2.C4H10O/c1-7(2)4-9(12)6-10-5-8(3)11;1-3-4(2)5/h7-12H,4-6H2,1-3H3;4-5H,3H2,1-2H3. The molecule has 0 radical (unpaired) electrons. The lowest BCUT2D eigenvalue weighted by Gasteiger charge is -2.14. The molecule has 0 aliphatic carbocycles. The summed E-state index contributed by atoms with van der Waals surface area (Å²) in [6.45, 7) is 10.7. The molecule has 4 heteroatoms. The molecule has 0 heterocycles. The van der Waals surface area contributed by atoms with Crippen LogP contribution in [-0.4, -0.2) is 46.7 Å². The molecule has 0 aliphatic rings. The third kappa shape index (κ3) is 21.6. The van der Waals surface area contributed by atoms with Crippen molar-refractivity contribution in [2.24, 2.45) is 5.92 Å². The summed E-state index contributed by atoms with van der Waals surface area (Å²) in [4.78, 5) is 0. The molecule has 17 heavy (non-hydrogen) atoms. The van der Waals surface area contributed by atoms with E-state index in [1.54, 1.807) is 13.8 Å². The Morgan fingerprint density at radius 1 is 0.882 bits per heavy atom. The highest BCUT2D eigenvalue weighted by Crippen LogP contribution is 2.02. The highest BCUT2D eigenvalue weighted by molar-refractivity contribution is 4.62. The van der Waals surface area contributed by atoms with Crippen molar-refractivity contribution in [3.63, 3.8) is 0 Å². The zero-order valence-corrected chi connectivity index (χ0v) is 12.0. The van der Waals surface area contributed by atoms with Crippen LogP contribution in [0.25, 0.3) is 0 Å². The molecule has 4 nitrogen and oxygen atoms in total. The monoisotopic (exact) mass is 249 g/mol. The molecule has 0 saturated carbocycles. The summed E-state index contributed by atoms with van der Waals surface area (Å²) >= 11 is 0. The second kappa shape index (κ2) is 12.3. The Morgan fingerprint density at radius 2 is 1.35 bits per heavy atom. The molecule has 0 rings (SSSR count). The maximum absolute atomic E-state index is 9.39. The fraction of sp³-hybridized carbons (Fsp3) is 1.00. The fourth-order valence-electron chi connectivity index (χ4n) is 1.09. The minimum atomic E-state index is -0.337. The van der Waals surface area contributed by atoms with E-state index in [0.29, 0.717) is 19.0 Å². The van der Waals surface area contributed by atoms with Crippen molar-refractivity contribution >= 4 is 0 Å². The van der Waals surface area contributed by atoms with Crippen LogP contribution in [0.1, 0.15) is 47.5 Å². The second-order valence-electron chi connectivity index (χ2n) is 5.05. The van der Waals surface area contributed by atoms with Crippen molar-refractivity contribution in [1.82, 2.24) is 5.32 Å². The summed E-state index contributed by atoms with van der Waals surface area (Å²) in [5, 5.41) is 29.6. The van der Waals surface area contributed by atoms with E-state index in [-0.39, 0.29) is 18.3 Å².